The number of carbonyl (C=O) groups excluding carboxylic acids is 1. The second-order valence-corrected chi connectivity index (χ2v) is 3.00. The number of methoxy groups -OCH3 is 1. The van der Waals surface area contributed by atoms with E-state index in [9.17, 15) is 9.90 Å². The fourth-order valence-electron chi connectivity index (χ4n) is 1.14. The number of hydrogen-bond donors (Lipinski definition) is 4. The summed E-state index contributed by atoms with van der Waals surface area (Å²) in [5.74, 6) is -0.870. The Bertz CT molecular complexity index is 505. The molecule has 7 heteroatoms. The Balaban J connectivity index is 3.02. The average molecular weight is 235 g/mol. The lowest BCUT2D eigenvalue weighted by molar-refractivity contribution is -0.357. The van der Waals surface area contributed by atoms with E-state index in [4.69, 9.17) is 11.0 Å². The van der Waals surface area contributed by atoms with E-state index in [1.807, 2.05) is 0 Å². The van der Waals surface area contributed by atoms with Gasteiger partial charge in [-0.05, 0) is 12.1 Å². The molecule has 0 saturated carbocycles. The van der Waals surface area contributed by atoms with Gasteiger partial charge >= 0.3 is 11.9 Å². The predicted molar refractivity (Wildman–Crippen MR) is 58.0 cm³/mol. The Kier molecular flexibility index (Phi) is 3.89. The van der Waals surface area contributed by atoms with Crippen molar-refractivity contribution in [1.82, 2.24) is 5.32 Å². The maximum absolute atomic E-state index is 11.2. The highest BCUT2D eigenvalue weighted by Gasteiger charge is 2.12. The molecule has 0 bridgehead atoms. The average Bonchev–Trinajstić information content (AvgIpc) is 2.28. The number of phenolic OH excluding ortho intramolecular Hbond substituents is 1. The van der Waals surface area contributed by atoms with Crippen molar-refractivity contribution < 1.29 is 19.6 Å². The van der Waals surface area contributed by atoms with Gasteiger partial charge in [0.15, 0.2) is 0 Å². The zero-order valence-corrected chi connectivity index (χ0v) is 9.02. The molecule has 7 nitrogen and oxygen atoms in total. The van der Waals surface area contributed by atoms with E-state index in [1.54, 1.807) is 6.19 Å². The lowest BCUT2D eigenvalue weighted by Crippen LogP contribution is -2.72. The number of nitrogens with zero attached hydrogens (tertiary/aromatic N) is 1. The molecule has 0 aliphatic rings. The highest BCUT2D eigenvalue weighted by atomic mass is 16.5. The summed E-state index contributed by atoms with van der Waals surface area (Å²) in [5, 5.41) is 20.0. The van der Waals surface area contributed by atoms with E-state index in [0.29, 0.717) is 5.69 Å². The van der Waals surface area contributed by atoms with Crippen molar-refractivity contribution in [3.05, 3.63) is 23.8 Å². The van der Waals surface area contributed by atoms with E-state index >= 15 is 0 Å². The van der Waals surface area contributed by atoms with Crippen LogP contribution in [0.2, 0.25) is 0 Å². The molecule has 1 aromatic carbocycles. The normalized spacial score (nSPS) is 10.5. The zero-order chi connectivity index (χ0) is 12.8. The Hall–Kier alpha value is -2.75. The molecular formula is C10H11N4O3+. The lowest BCUT2D eigenvalue weighted by atomic mass is 10.2. The van der Waals surface area contributed by atoms with Crippen LogP contribution >= 0.6 is 0 Å². The predicted octanol–water partition coefficient (Wildman–Crippen LogP) is -1.72. The quantitative estimate of drug-likeness (QED) is 0.159. The third-order valence-corrected chi connectivity index (χ3v) is 1.87. The van der Waals surface area contributed by atoms with Crippen LogP contribution in [0.5, 0.6) is 5.75 Å². The molecule has 0 heterocycles. The van der Waals surface area contributed by atoms with Gasteiger partial charge in [-0.25, -0.2) is 9.79 Å². The maximum atomic E-state index is 11.2. The highest BCUT2D eigenvalue weighted by molar-refractivity contribution is 5.92. The van der Waals surface area contributed by atoms with E-state index in [1.165, 1.54) is 25.3 Å². The first-order valence-corrected chi connectivity index (χ1v) is 4.54. The van der Waals surface area contributed by atoms with Gasteiger partial charge in [-0.2, -0.15) is 10.6 Å². The smallest absolute Gasteiger partial charge is 0.360 e. The van der Waals surface area contributed by atoms with Crippen LogP contribution in [-0.4, -0.2) is 24.1 Å². The summed E-state index contributed by atoms with van der Waals surface area (Å²) in [7, 11) is 1.22. The molecule has 0 atom stereocenters. The standard InChI is InChI=1S/C10H10N4O3/c1-17-9(16)7-3-2-6(4-8(7)15)14-10(12)13-5-11/h2-4,15H,1H3,(H3,12,13,14)/p+1. The van der Waals surface area contributed by atoms with E-state index < -0.39 is 5.97 Å². The van der Waals surface area contributed by atoms with Crippen molar-refractivity contribution in [2.24, 2.45) is 5.73 Å². The summed E-state index contributed by atoms with van der Waals surface area (Å²) in [6.45, 7) is 0. The summed E-state index contributed by atoms with van der Waals surface area (Å²) in [4.78, 5) is 13.8. The summed E-state index contributed by atoms with van der Waals surface area (Å²) in [6, 6.07) is 4.18. The summed E-state index contributed by atoms with van der Waals surface area (Å²) < 4.78 is 4.47. The lowest BCUT2D eigenvalue weighted by Gasteiger charge is -2.02. The van der Waals surface area contributed by atoms with Gasteiger partial charge in [-0.15, -0.1) is 0 Å². The van der Waals surface area contributed by atoms with Crippen LogP contribution in [0.3, 0.4) is 0 Å². The van der Waals surface area contributed by atoms with Crippen LogP contribution in [0, 0.1) is 11.5 Å². The summed E-state index contributed by atoms with van der Waals surface area (Å²) >= 11 is 0. The molecule has 0 fully saturated rings. The van der Waals surface area contributed by atoms with Gasteiger partial charge < -0.3 is 9.84 Å². The first kappa shape index (κ1) is 12.3. The van der Waals surface area contributed by atoms with Crippen LogP contribution in [0.15, 0.2) is 18.2 Å². The number of aromatic hydroxyl groups is 1. The second-order valence-electron chi connectivity index (χ2n) is 3.00. The molecule has 1 aromatic rings. The first-order chi connectivity index (χ1) is 8.08. The van der Waals surface area contributed by atoms with Crippen LogP contribution in [0.1, 0.15) is 10.4 Å². The van der Waals surface area contributed by atoms with Crippen LogP contribution < -0.4 is 16.0 Å². The van der Waals surface area contributed by atoms with Crippen molar-refractivity contribution in [3.8, 4) is 11.9 Å². The minimum Gasteiger partial charge on any atom is -0.507 e. The fourth-order valence-corrected chi connectivity index (χ4v) is 1.14. The number of esters is 1. The number of carbonyl (C=O) groups is 1. The molecule has 0 amide bonds. The SMILES string of the molecule is COC(=O)c1ccc([NH+]=C(N)NC#N)cc1O. The Morgan fingerprint density at radius 2 is 2.35 bits per heavy atom. The third-order valence-electron chi connectivity index (χ3n) is 1.87. The van der Waals surface area contributed by atoms with E-state index in [2.05, 4.69) is 15.0 Å². The fraction of sp³-hybridized carbons (Fsp3) is 0.100. The van der Waals surface area contributed by atoms with Crippen LogP contribution in [-0.2, 0) is 4.74 Å². The van der Waals surface area contributed by atoms with E-state index in [-0.39, 0.29) is 17.3 Å². The first-order valence-electron chi connectivity index (χ1n) is 4.54. The number of hydrogen-bond acceptors (Lipinski definition) is 4. The molecule has 0 radical (unpaired) electrons. The molecule has 0 spiro atoms. The van der Waals surface area contributed by atoms with Gasteiger partial charge in [0.25, 0.3) is 6.19 Å². The Labute approximate surface area is 97.1 Å². The number of nitrogens with one attached hydrogen (secondary N) is 2. The molecule has 0 aliphatic heterocycles. The highest BCUT2D eigenvalue weighted by Crippen LogP contribution is 2.19. The van der Waals surface area contributed by atoms with Crippen molar-refractivity contribution in [2.45, 2.75) is 0 Å². The van der Waals surface area contributed by atoms with Gasteiger partial charge in [0.05, 0.1) is 7.11 Å². The third kappa shape index (κ3) is 3.10. The van der Waals surface area contributed by atoms with Gasteiger partial charge in [0.2, 0.25) is 0 Å². The van der Waals surface area contributed by atoms with Gasteiger partial charge in [0, 0.05) is 6.07 Å². The Morgan fingerprint density at radius 1 is 1.65 bits per heavy atom. The molecule has 0 aromatic heterocycles. The van der Waals surface area contributed by atoms with Crippen molar-refractivity contribution in [1.29, 1.82) is 5.26 Å². The van der Waals surface area contributed by atoms with Crippen molar-refractivity contribution in [2.75, 3.05) is 7.11 Å². The maximum Gasteiger partial charge on any atom is 0.360 e. The minimum atomic E-state index is -0.638. The monoisotopic (exact) mass is 235 g/mol. The largest absolute Gasteiger partial charge is 0.507 e. The number of benzene rings is 1. The molecule has 5 N–H and O–H groups in total. The number of guanidine groups is 1. The molecular weight excluding hydrogens is 224 g/mol. The summed E-state index contributed by atoms with van der Waals surface area (Å²) in [6.07, 6.45) is 1.63. The van der Waals surface area contributed by atoms with Crippen LogP contribution in [0.25, 0.3) is 0 Å². The number of nitrogens with two attached hydrogens (primary N) is 1. The van der Waals surface area contributed by atoms with E-state index in [0.717, 1.165) is 0 Å². The molecule has 1 rings (SSSR count). The minimum absolute atomic E-state index is 0.0118. The number of rotatable bonds is 2. The van der Waals surface area contributed by atoms with Gasteiger partial charge in [-0.1, -0.05) is 0 Å². The number of nitriles is 1. The molecule has 88 valence electrons. The van der Waals surface area contributed by atoms with Crippen LogP contribution in [0.4, 0.5) is 5.69 Å². The van der Waals surface area contributed by atoms with Crippen molar-refractivity contribution >= 4 is 17.6 Å². The zero-order valence-electron chi connectivity index (χ0n) is 9.02. The number of phenols is 1. The van der Waals surface area contributed by atoms with Gasteiger partial charge in [-0.3, -0.25) is 5.73 Å². The van der Waals surface area contributed by atoms with Gasteiger partial charge in [0.1, 0.15) is 17.0 Å². The Morgan fingerprint density at radius 3 is 2.88 bits per heavy atom. The molecule has 0 aliphatic carbocycles. The number of ether oxygens (including phenoxy) is 1. The molecule has 0 unspecified atom stereocenters. The van der Waals surface area contributed by atoms with Crippen molar-refractivity contribution in [3.63, 3.8) is 0 Å². The summed E-state index contributed by atoms with van der Waals surface area (Å²) in [5.41, 5.74) is 5.86. The molecule has 17 heavy (non-hydrogen) atoms. The topological polar surface area (TPSA) is 122 Å². The second kappa shape index (κ2) is 5.37. The molecule has 0 saturated heterocycles.